The minimum absolute atomic E-state index is 0.185. The molecule has 0 amide bonds. The summed E-state index contributed by atoms with van der Waals surface area (Å²) in [4.78, 5) is 24.5. The molecule has 0 radical (unpaired) electrons. The number of anilines is 2. The average Bonchev–Trinajstić information content (AvgIpc) is 3.10. The van der Waals surface area contributed by atoms with E-state index in [-0.39, 0.29) is 6.10 Å². The lowest BCUT2D eigenvalue weighted by Gasteiger charge is -2.25. The fourth-order valence-electron chi connectivity index (χ4n) is 5.24. The van der Waals surface area contributed by atoms with E-state index >= 15 is 0 Å². The van der Waals surface area contributed by atoms with E-state index < -0.39 is 0 Å². The van der Waals surface area contributed by atoms with E-state index in [1.165, 1.54) is 77.0 Å². The Morgan fingerprint density at radius 3 is 0.979 bits per heavy atom. The zero-order valence-electron chi connectivity index (χ0n) is 30.7. The number of unbranched alkanes of at least 4 members (excludes halogenated alkanes) is 12. The molecule has 0 aliphatic rings. The second-order valence-corrected chi connectivity index (χ2v) is 12.5. The molecule has 268 valence electrons. The lowest BCUT2D eigenvalue weighted by Crippen LogP contribution is -2.25. The fourth-order valence-corrected chi connectivity index (χ4v) is 5.24. The van der Waals surface area contributed by atoms with Crippen LogP contribution >= 0.6 is 0 Å². The molecule has 0 saturated carbocycles. The van der Waals surface area contributed by atoms with Crippen LogP contribution in [0.1, 0.15) is 161 Å². The second kappa shape index (κ2) is 27.8. The topological polar surface area (TPSA) is 52.6 Å². The van der Waals surface area contributed by atoms with Crippen LogP contribution in [0.15, 0.2) is 48.5 Å². The molecule has 0 bridgehead atoms. The molecule has 7 nitrogen and oxygen atoms in total. The van der Waals surface area contributed by atoms with Gasteiger partial charge in [-0.2, -0.15) is 0 Å². The minimum Gasteiger partial charge on any atom is -0.369 e. The maximum atomic E-state index is 6.42. The van der Waals surface area contributed by atoms with Crippen LogP contribution in [0.2, 0.25) is 0 Å². The van der Waals surface area contributed by atoms with Crippen molar-refractivity contribution in [1.29, 1.82) is 0 Å². The van der Waals surface area contributed by atoms with Crippen LogP contribution in [-0.2, 0) is 24.1 Å². The third-order valence-electron chi connectivity index (χ3n) is 8.13. The van der Waals surface area contributed by atoms with E-state index in [2.05, 4.69) is 83.1 Å². The van der Waals surface area contributed by atoms with Crippen molar-refractivity contribution in [2.24, 2.45) is 0 Å². The van der Waals surface area contributed by atoms with E-state index in [4.69, 9.17) is 24.1 Å². The summed E-state index contributed by atoms with van der Waals surface area (Å²) in [5, 5.41) is 3.24. The lowest BCUT2D eigenvalue weighted by molar-refractivity contribution is -0.0916. The molecule has 0 N–H and O–H groups in total. The molecule has 0 aromatic heterocycles. The highest BCUT2D eigenvalue weighted by molar-refractivity contribution is 5.48. The molecule has 0 aliphatic heterocycles. The van der Waals surface area contributed by atoms with Gasteiger partial charge in [0.2, 0.25) is 0 Å². The number of rotatable bonds is 31. The van der Waals surface area contributed by atoms with Crippen LogP contribution < -0.4 is 10.5 Å². The van der Waals surface area contributed by atoms with E-state index in [0.29, 0.717) is 33.0 Å². The Balaban J connectivity index is 2.15. The molecule has 0 heterocycles. The molecule has 0 fully saturated rings. The summed E-state index contributed by atoms with van der Waals surface area (Å²) in [6.07, 6.45) is 19.3. The SMILES string of the molecule is CCCCCCON(OCCCCCC)c1ccc(C(OCCC)c2ccc(N(OCCCCCC)OCCCCCC)cc2)cc1. The van der Waals surface area contributed by atoms with Crippen molar-refractivity contribution in [1.82, 2.24) is 0 Å². The summed E-state index contributed by atoms with van der Waals surface area (Å²) in [5.74, 6) is 0. The van der Waals surface area contributed by atoms with Crippen molar-refractivity contribution in [2.75, 3.05) is 43.5 Å². The predicted molar refractivity (Wildman–Crippen MR) is 196 cm³/mol. The minimum atomic E-state index is -0.185. The molecule has 47 heavy (non-hydrogen) atoms. The van der Waals surface area contributed by atoms with Gasteiger partial charge in [0, 0.05) is 6.61 Å². The summed E-state index contributed by atoms with van der Waals surface area (Å²) < 4.78 is 6.42. The lowest BCUT2D eigenvalue weighted by atomic mass is 10.0. The van der Waals surface area contributed by atoms with E-state index in [1.54, 1.807) is 10.5 Å². The summed E-state index contributed by atoms with van der Waals surface area (Å²) in [6.45, 7) is 14.3. The second-order valence-electron chi connectivity index (χ2n) is 12.5. The van der Waals surface area contributed by atoms with Gasteiger partial charge in [0.05, 0.1) is 37.8 Å². The Labute approximate surface area is 288 Å². The summed E-state index contributed by atoms with van der Waals surface area (Å²) >= 11 is 0. The Kier molecular flexibility index (Phi) is 24.2. The van der Waals surface area contributed by atoms with Crippen molar-refractivity contribution in [3.8, 4) is 0 Å². The van der Waals surface area contributed by atoms with Crippen LogP contribution in [0.4, 0.5) is 11.4 Å². The van der Waals surface area contributed by atoms with Gasteiger partial charge in [-0.1, -0.05) is 136 Å². The maximum Gasteiger partial charge on any atom is 0.108 e. The molecule has 0 saturated heterocycles. The smallest absolute Gasteiger partial charge is 0.108 e. The normalized spacial score (nSPS) is 11.4. The van der Waals surface area contributed by atoms with Gasteiger partial charge < -0.3 is 4.74 Å². The summed E-state index contributed by atoms with van der Waals surface area (Å²) in [7, 11) is 0. The molecular formula is C40H68N2O5. The first-order chi connectivity index (χ1) is 23.2. The first kappa shape index (κ1) is 41.0. The van der Waals surface area contributed by atoms with Crippen LogP contribution in [-0.4, -0.2) is 33.0 Å². The van der Waals surface area contributed by atoms with Gasteiger partial charge >= 0.3 is 0 Å². The Morgan fingerprint density at radius 1 is 0.383 bits per heavy atom. The summed E-state index contributed by atoms with van der Waals surface area (Å²) in [6, 6.07) is 16.8. The first-order valence-electron chi connectivity index (χ1n) is 19.1. The van der Waals surface area contributed by atoms with Crippen LogP contribution in [0.25, 0.3) is 0 Å². The molecule has 0 aliphatic carbocycles. The highest BCUT2D eigenvalue weighted by atomic mass is 17.0. The van der Waals surface area contributed by atoms with Crippen molar-refractivity contribution in [2.45, 2.75) is 150 Å². The quantitative estimate of drug-likeness (QED) is 0.0591. The molecule has 2 aromatic rings. The van der Waals surface area contributed by atoms with Gasteiger partial charge in [0.25, 0.3) is 0 Å². The standard InChI is InChI=1S/C40H68N2O5/c1-6-11-15-19-32-44-41(45-33-20-16-12-7-2)38-27-23-36(24-28-38)40(43-31-10-5)37-25-29-39(30-26-37)42(46-34-21-17-13-8-3)47-35-22-18-14-9-4/h23-30,40H,6-22,31-35H2,1-5H3. The highest BCUT2D eigenvalue weighted by Crippen LogP contribution is 2.30. The first-order valence-corrected chi connectivity index (χ1v) is 19.1. The average molecular weight is 657 g/mol. The van der Waals surface area contributed by atoms with Crippen LogP contribution in [0.5, 0.6) is 0 Å². The molecule has 0 unspecified atom stereocenters. The van der Waals surface area contributed by atoms with Crippen molar-refractivity contribution >= 4 is 11.4 Å². The number of hydrogen-bond acceptors (Lipinski definition) is 7. The molecule has 2 rings (SSSR count). The molecule has 7 heteroatoms. The van der Waals surface area contributed by atoms with E-state index in [1.807, 2.05) is 0 Å². The number of benzene rings is 2. The Bertz CT molecular complexity index is 868. The number of ether oxygens (including phenoxy) is 1. The van der Waals surface area contributed by atoms with Gasteiger partial charge in [-0.25, -0.2) is 19.4 Å². The Hall–Kier alpha value is -2.16. The maximum absolute atomic E-state index is 6.42. The molecule has 0 spiro atoms. The Morgan fingerprint density at radius 2 is 0.702 bits per heavy atom. The number of hydrogen-bond donors (Lipinski definition) is 0. The predicted octanol–water partition coefficient (Wildman–Crippen LogP) is 11.9. The monoisotopic (exact) mass is 657 g/mol. The molecule has 2 aromatic carbocycles. The van der Waals surface area contributed by atoms with Gasteiger partial charge in [0.15, 0.2) is 0 Å². The third kappa shape index (κ3) is 17.7. The number of nitrogens with zero attached hydrogens (tertiary/aromatic N) is 2. The zero-order valence-corrected chi connectivity index (χ0v) is 30.7. The summed E-state index contributed by atoms with van der Waals surface area (Å²) in [5.41, 5.74) is 3.98. The van der Waals surface area contributed by atoms with Crippen molar-refractivity contribution in [3.63, 3.8) is 0 Å². The van der Waals surface area contributed by atoms with Gasteiger partial charge in [-0.3, -0.25) is 0 Å². The van der Waals surface area contributed by atoms with Gasteiger partial charge in [-0.15, -0.1) is 10.5 Å². The molecular weight excluding hydrogens is 588 g/mol. The van der Waals surface area contributed by atoms with Crippen molar-refractivity contribution in [3.05, 3.63) is 59.7 Å². The van der Waals surface area contributed by atoms with E-state index in [9.17, 15) is 0 Å². The zero-order chi connectivity index (χ0) is 33.8. The van der Waals surface area contributed by atoms with E-state index in [0.717, 1.165) is 54.6 Å². The molecule has 0 atom stereocenters. The van der Waals surface area contributed by atoms with Crippen LogP contribution in [0.3, 0.4) is 0 Å². The highest BCUT2D eigenvalue weighted by Gasteiger charge is 2.18. The van der Waals surface area contributed by atoms with Gasteiger partial charge in [-0.05, 0) is 67.5 Å². The van der Waals surface area contributed by atoms with Crippen molar-refractivity contribution < 1.29 is 24.1 Å². The fraction of sp³-hybridized carbons (Fsp3) is 0.700. The third-order valence-corrected chi connectivity index (χ3v) is 8.13. The van der Waals surface area contributed by atoms with Gasteiger partial charge in [0.1, 0.15) is 6.10 Å². The largest absolute Gasteiger partial charge is 0.369 e. The van der Waals surface area contributed by atoms with Crippen LogP contribution in [0, 0.1) is 0 Å².